The quantitative estimate of drug-likeness (QED) is 0.848. The van der Waals surface area contributed by atoms with E-state index in [1.165, 1.54) is 12.1 Å². The Bertz CT molecular complexity index is 733. The maximum Gasteiger partial charge on any atom is 0.228 e. The first kappa shape index (κ1) is 18.4. The SMILES string of the molecule is CCOc1ccccc1NC(=O)[C@H]1CCCN(Cc2ccc(F)cc2)C1. The Morgan fingerprint density at radius 1 is 1.23 bits per heavy atom. The second-order valence-electron chi connectivity index (χ2n) is 6.62. The summed E-state index contributed by atoms with van der Waals surface area (Å²) in [5, 5.41) is 3.02. The van der Waals surface area contributed by atoms with E-state index >= 15 is 0 Å². The highest BCUT2D eigenvalue weighted by Gasteiger charge is 2.26. The topological polar surface area (TPSA) is 41.6 Å². The number of nitrogens with one attached hydrogen (secondary N) is 1. The molecule has 1 N–H and O–H groups in total. The first-order valence-corrected chi connectivity index (χ1v) is 9.15. The summed E-state index contributed by atoms with van der Waals surface area (Å²) in [5.41, 5.74) is 1.78. The van der Waals surface area contributed by atoms with Crippen molar-refractivity contribution in [3.8, 4) is 5.75 Å². The largest absolute Gasteiger partial charge is 0.492 e. The number of likely N-dealkylation sites (tertiary alicyclic amines) is 1. The lowest BCUT2D eigenvalue weighted by Crippen LogP contribution is -2.40. The number of nitrogens with zero attached hydrogens (tertiary/aromatic N) is 1. The number of hydrogen-bond acceptors (Lipinski definition) is 3. The van der Waals surface area contributed by atoms with E-state index in [1.807, 2.05) is 31.2 Å². The van der Waals surface area contributed by atoms with Gasteiger partial charge in [0.2, 0.25) is 5.91 Å². The van der Waals surface area contributed by atoms with Crippen LogP contribution in [0.1, 0.15) is 25.3 Å². The van der Waals surface area contributed by atoms with Gasteiger partial charge in [0.15, 0.2) is 0 Å². The number of halogens is 1. The summed E-state index contributed by atoms with van der Waals surface area (Å²) in [6.45, 7) is 4.88. The minimum Gasteiger partial charge on any atom is -0.492 e. The first-order valence-electron chi connectivity index (χ1n) is 9.15. The van der Waals surface area contributed by atoms with Gasteiger partial charge >= 0.3 is 0 Å². The van der Waals surface area contributed by atoms with Crippen LogP contribution in [0, 0.1) is 11.7 Å². The number of hydrogen-bond donors (Lipinski definition) is 1. The standard InChI is InChI=1S/C21H25FN2O2/c1-2-26-20-8-4-3-7-19(20)23-21(25)17-6-5-13-24(15-17)14-16-9-11-18(22)12-10-16/h3-4,7-12,17H,2,5-6,13-15H2,1H3,(H,23,25)/t17-/m0/s1. The van der Waals surface area contributed by atoms with Crippen LogP contribution in [0.5, 0.6) is 5.75 Å². The second kappa shape index (κ2) is 8.81. The molecule has 0 spiro atoms. The van der Waals surface area contributed by atoms with E-state index in [1.54, 1.807) is 12.1 Å². The number of piperidine rings is 1. The van der Waals surface area contributed by atoms with Gasteiger partial charge in [-0.2, -0.15) is 0 Å². The zero-order valence-electron chi connectivity index (χ0n) is 15.1. The smallest absolute Gasteiger partial charge is 0.228 e. The normalized spacial score (nSPS) is 17.7. The Labute approximate surface area is 154 Å². The molecule has 0 bridgehead atoms. The van der Waals surface area contributed by atoms with E-state index in [9.17, 15) is 9.18 Å². The average molecular weight is 356 g/mol. The number of carbonyl (C=O) groups is 1. The molecular formula is C21H25FN2O2. The molecule has 0 saturated carbocycles. The predicted molar refractivity (Wildman–Crippen MR) is 101 cm³/mol. The molecule has 0 radical (unpaired) electrons. The number of ether oxygens (including phenoxy) is 1. The molecule has 1 aliphatic heterocycles. The third-order valence-electron chi connectivity index (χ3n) is 4.64. The fourth-order valence-electron chi connectivity index (χ4n) is 3.35. The maximum absolute atomic E-state index is 13.1. The van der Waals surface area contributed by atoms with Crippen molar-refractivity contribution in [3.05, 3.63) is 59.9 Å². The highest BCUT2D eigenvalue weighted by molar-refractivity contribution is 5.94. The maximum atomic E-state index is 13.1. The van der Waals surface area contributed by atoms with Crippen molar-refractivity contribution < 1.29 is 13.9 Å². The van der Waals surface area contributed by atoms with Gasteiger partial charge in [0.25, 0.3) is 0 Å². The molecule has 3 rings (SSSR count). The molecule has 2 aromatic rings. The minimum atomic E-state index is -0.224. The van der Waals surface area contributed by atoms with Crippen molar-refractivity contribution in [2.24, 2.45) is 5.92 Å². The molecule has 1 fully saturated rings. The molecule has 4 nitrogen and oxygen atoms in total. The van der Waals surface area contributed by atoms with Gasteiger partial charge in [-0.05, 0) is 56.1 Å². The van der Waals surface area contributed by atoms with Crippen molar-refractivity contribution in [1.82, 2.24) is 4.90 Å². The van der Waals surface area contributed by atoms with E-state index in [0.717, 1.165) is 37.2 Å². The lowest BCUT2D eigenvalue weighted by atomic mass is 9.96. The van der Waals surface area contributed by atoms with E-state index < -0.39 is 0 Å². The molecule has 1 saturated heterocycles. The molecule has 2 aromatic carbocycles. The Morgan fingerprint density at radius 3 is 2.77 bits per heavy atom. The summed E-state index contributed by atoms with van der Waals surface area (Å²) in [4.78, 5) is 15.0. The molecular weight excluding hydrogens is 331 g/mol. The zero-order valence-corrected chi connectivity index (χ0v) is 15.1. The lowest BCUT2D eigenvalue weighted by molar-refractivity contribution is -0.121. The molecule has 0 unspecified atom stereocenters. The number of rotatable bonds is 6. The van der Waals surface area contributed by atoms with Crippen LogP contribution in [0.3, 0.4) is 0 Å². The van der Waals surface area contributed by atoms with E-state index in [-0.39, 0.29) is 17.6 Å². The molecule has 5 heteroatoms. The van der Waals surface area contributed by atoms with Crippen LogP contribution in [-0.2, 0) is 11.3 Å². The molecule has 0 aliphatic carbocycles. The molecule has 1 heterocycles. The highest BCUT2D eigenvalue weighted by atomic mass is 19.1. The monoisotopic (exact) mass is 356 g/mol. The molecule has 1 aliphatic rings. The lowest BCUT2D eigenvalue weighted by Gasteiger charge is -2.32. The van der Waals surface area contributed by atoms with Gasteiger partial charge in [0.05, 0.1) is 18.2 Å². The molecule has 1 atom stereocenters. The van der Waals surface area contributed by atoms with Gasteiger partial charge in [-0.3, -0.25) is 9.69 Å². The van der Waals surface area contributed by atoms with Crippen molar-refractivity contribution in [2.45, 2.75) is 26.3 Å². The van der Waals surface area contributed by atoms with Crippen LogP contribution >= 0.6 is 0 Å². The molecule has 26 heavy (non-hydrogen) atoms. The van der Waals surface area contributed by atoms with Crippen LogP contribution in [0.2, 0.25) is 0 Å². The third-order valence-corrected chi connectivity index (χ3v) is 4.64. The summed E-state index contributed by atoms with van der Waals surface area (Å²) in [6, 6.07) is 14.1. The van der Waals surface area contributed by atoms with Crippen LogP contribution in [0.15, 0.2) is 48.5 Å². The van der Waals surface area contributed by atoms with Crippen LogP contribution < -0.4 is 10.1 Å². The van der Waals surface area contributed by atoms with Gasteiger partial charge < -0.3 is 10.1 Å². The number of carbonyl (C=O) groups excluding carboxylic acids is 1. The van der Waals surface area contributed by atoms with Gasteiger partial charge in [-0.1, -0.05) is 24.3 Å². The number of amides is 1. The molecule has 1 amide bonds. The zero-order chi connectivity index (χ0) is 18.4. The molecule has 0 aromatic heterocycles. The van der Waals surface area contributed by atoms with Crippen LogP contribution in [0.25, 0.3) is 0 Å². The van der Waals surface area contributed by atoms with Crippen molar-refractivity contribution in [2.75, 3.05) is 25.0 Å². The number of anilines is 1. The van der Waals surface area contributed by atoms with Gasteiger partial charge in [-0.15, -0.1) is 0 Å². The first-order chi connectivity index (χ1) is 12.7. The third kappa shape index (κ3) is 4.82. The summed E-state index contributed by atoms with van der Waals surface area (Å²) >= 11 is 0. The van der Waals surface area contributed by atoms with Crippen LogP contribution in [0.4, 0.5) is 10.1 Å². The highest BCUT2D eigenvalue weighted by Crippen LogP contribution is 2.26. The second-order valence-corrected chi connectivity index (χ2v) is 6.62. The fraction of sp³-hybridized carbons (Fsp3) is 0.381. The minimum absolute atomic E-state index is 0.0287. The summed E-state index contributed by atoms with van der Waals surface area (Å²) in [6.07, 6.45) is 1.86. The fourth-order valence-corrected chi connectivity index (χ4v) is 3.35. The average Bonchev–Trinajstić information content (AvgIpc) is 2.66. The van der Waals surface area contributed by atoms with Gasteiger partial charge in [0.1, 0.15) is 11.6 Å². The van der Waals surface area contributed by atoms with Crippen LogP contribution in [-0.4, -0.2) is 30.5 Å². The van der Waals surface area contributed by atoms with Gasteiger partial charge in [-0.25, -0.2) is 4.39 Å². The van der Waals surface area contributed by atoms with Gasteiger partial charge in [0, 0.05) is 13.1 Å². The van der Waals surface area contributed by atoms with E-state index in [4.69, 9.17) is 4.74 Å². The Morgan fingerprint density at radius 2 is 2.00 bits per heavy atom. The van der Waals surface area contributed by atoms with Crippen molar-refractivity contribution >= 4 is 11.6 Å². The predicted octanol–water partition coefficient (Wildman–Crippen LogP) is 4.08. The Hall–Kier alpha value is -2.40. The number of para-hydroxylation sites is 2. The number of benzene rings is 2. The Balaban J connectivity index is 1.60. The summed E-state index contributed by atoms with van der Waals surface area (Å²) in [5.74, 6) is 0.444. The summed E-state index contributed by atoms with van der Waals surface area (Å²) < 4.78 is 18.6. The van der Waals surface area contributed by atoms with E-state index in [2.05, 4.69) is 10.2 Å². The van der Waals surface area contributed by atoms with Crippen molar-refractivity contribution in [3.63, 3.8) is 0 Å². The van der Waals surface area contributed by atoms with E-state index in [0.29, 0.717) is 18.9 Å². The Kier molecular flexibility index (Phi) is 6.23. The molecule has 138 valence electrons. The van der Waals surface area contributed by atoms with Crippen molar-refractivity contribution in [1.29, 1.82) is 0 Å². The summed E-state index contributed by atoms with van der Waals surface area (Å²) in [7, 11) is 0.